The summed E-state index contributed by atoms with van der Waals surface area (Å²) in [5.41, 5.74) is 3.83. The van der Waals surface area contributed by atoms with Crippen LogP contribution in [0.1, 0.15) is 49.1 Å². The van der Waals surface area contributed by atoms with Crippen LogP contribution in [-0.2, 0) is 25.7 Å². The molecule has 4 rings (SSSR count). The van der Waals surface area contributed by atoms with Gasteiger partial charge in [0, 0.05) is 12.2 Å². The predicted octanol–water partition coefficient (Wildman–Crippen LogP) is 3.10. The van der Waals surface area contributed by atoms with E-state index in [2.05, 4.69) is 5.10 Å². The molecular weight excluding hydrogens is 382 g/mol. The highest BCUT2D eigenvalue weighted by molar-refractivity contribution is 6.05. The van der Waals surface area contributed by atoms with Crippen LogP contribution in [0.2, 0.25) is 0 Å². The first-order valence-corrected chi connectivity index (χ1v) is 10.6. The zero-order chi connectivity index (χ0) is 21.3. The first kappa shape index (κ1) is 20.3. The van der Waals surface area contributed by atoms with Crippen LogP contribution in [0.3, 0.4) is 0 Å². The molecule has 158 valence electrons. The van der Waals surface area contributed by atoms with Crippen LogP contribution in [0.5, 0.6) is 0 Å². The van der Waals surface area contributed by atoms with Gasteiger partial charge in [-0.15, -0.1) is 0 Å². The number of aromatic nitrogens is 2. The molecule has 7 nitrogen and oxygen atoms in total. The lowest BCUT2D eigenvalue weighted by Crippen LogP contribution is -2.33. The molecule has 2 fully saturated rings. The summed E-state index contributed by atoms with van der Waals surface area (Å²) >= 11 is 0. The van der Waals surface area contributed by atoms with Crippen LogP contribution in [0.15, 0.2) is 30.3 Å². The average molecular weight is 409 g/mol. The van der Waals surface area contributed by atoms with E-state index in [0.717, 1.165) is 48.3 Å². The van der Waals surface area contributed by atoms with E-state index in [-0.39, 0.29) is 43.2 Å². The van der Waals surface area contributed by atoms with Crippen LogP contribution in [-0.4, -0.2) is 39.0 Å². The zero-order valence-electron chi connectivity index (χ0n) is 17.5. The van der Waals surface area contributed by atoms with E-state index in [4.69, 9.17) is 4.74 Å². The van der Waals surface area contributed by atoms with E-state index in [9.17, 15) is 14.4 Å². The van der Waals surface area contributed by atoms with E-state index >= 15 is 0 Å². The number of ether oxygens (including phenoxy) is 1. The quantitative estimate of drug-likeness (QED) is 0.541. The van der Waals surface area contributed by atoms with Gasteiger partial charge in [0.2, 0.25) is 11.8 Å². The Kier molecular flexibility index (Phi) is 5.70. The average Bonchev–Trinajstić information content (AvgIpc) is 3.21. The van der Waals surface area contributed by atoms with Crippen molar-refractivity contribution >= 4 is 17.8 Å². The maximum Gasteiger partial charge on any atom is 0.307 e. The molecule has 2 aromatic rings. The fourth-order valence-electron chi connectivity index (χ4n) is 4.51. The molecular formula is C23H27N3O4. The van der Waals surface area contributed by atoms with Gasteiger partial charge in [0.15, 0.2) is 0 Å². The third-order valence-corrected chi connectivity index (χ3v) is 6.06. The van der Waals surface area contributed by atoms with E-state index in [1.807, 2.05) is 48.9 Å². The van der Waals surface area contributed by atoms with Crippen molar-refractivity contribution in [2.24, 2.45) is 11.8 Å². The number of fused-ring (bicyclic) bond motifs is 1. The van der Waals surface area contributed by atoms with Crippen LogP contribution in [0.25, 0.3) is 5.69 Å². The third kappa shape index (κ3) is 4.01. The molecule has 2 heterocycles. The number of benzene rings is 1. The Morgan fingerprint density at radius 2 is 1.70 bits per heavy atom. The maximum atomic E-state index is 12.5. The van der Waals surface area contributed by atoms with Gasteiger partial charge < -0.3 is 4.74 Å². The van der Waals surface area contributed by atoms with Crippen molar-refractivity contribution in [1.82, 2.24) is 14.7 Å². The van der Waals surface area contributed by atoms with Gasteiger partial charge in [-0.05, 0) is 50.5 Å². The van der Waals surface area contributed by atoms with Crippen molar-refractivity contribution in [3.63, 3.8) is 0 Å². The first-order chi connectivity index (χ1) is 14.4. The van der Waals surface area contributed by atoms with E-state index in [1.54, 1.807) is 0 Å². The normalized spacial score (nSPS) is 21.1. The molecule has 1 aromatic heterocycles. The van der Waals surface area contributed by atoms with E-state index in [0.29, 0.717) is 0 Å². The lowest BCUT2D eigenvalue weighted by molar-refractivity contribution is -0.146. The number of hydrogen-bond donors (Lipinski definition) is 0. The Morgan fingerprint density at radius 1 is 1.07 bits per heavy atom. The summed E-state index contributed by atoms with van der Waals surface area (Å²) in [4.78, 5) is 38.3. The van der Waals surface area contributed by atoms with Crippen molar-refractivity contribution < 1.29 is 19.1 Å². The second-order valence-corrected chi connectivity index (χ2v) is 8.24. The number of amides is 2. The van der Waals surface area contributed by atoms with Crippen molar-refractivity contribution in [3.05, 3.63) is 47.3 Å². The molecule has 1 aliphatic heterocycles. The minimum Gasteiger partial charge on any atom is -0.461 e. The minimum atomic E-state index is -0.409. The number of likely N-dealkylation sites (tertiary alicyclic amines) is 1. The van der Waals surface area contributed by atoms with Gasteiger partial charge in [0.05, 0.1) is 29.6 Å². The summed E-state index contributed by atoms with van der Waals surface area (Å²) in [7, 11) is 0. The molecule has 0 unspecified atom stereocenters. The maximum absolute atomic E-state index is 12.5. The number of esters is 1. The first-order valence-electron chi connectivity index (χ1n) is 10.6. The molecule has 0 N–H and O–H groups in total. The van der Waals surface area contributed by atoms with Crippen LogP contribution in [0.4, 0.5) is 0 Å². The van der Waals surface area contributed by atoms with Crippen LogP contribution >= 0.6 is 0 Å². The van der Waals surface area contributed by atoms with Gasteiger partial charge in [-0.2, -0.15) is 5.10 Å². The molecule has 1 aliphatic carbocycles. The SMILES string of the molecule is Cc1cc(C)n(-c2ccc(COC(=O)CCN3C(=O)[C@@H]4CCCC[C@H]4C3=O)cc2)n1. The summed E-state index contributed by atoms with van der Waals surface area (Å²) in [6, 6.07) is 9.69. The Bertz CT molecular complexity index is 939. The molecule has 7 heteroatoms. The number of carbonyl (C=O) groups excluding carboxylic acids is 3. The second-order valence-electron chi connectivity index (χ2n) is 8.24. The third-order valence-electron chi connectivity index (χ3n) is 6.06. The smallest absolute Gasteiger partial charge is 0.307 e. The Balaban J connectivity index is 1.27. The number of nitrogens with zero attached hydrogens (tertiary/aromatic N) is 3. The molecule has 1 aromatic carbocycles. The van der Waals surface area contributed by atoms with Gasteiger partial charge in [-0.1, -0.05) is 25.0 Å². The molecule has 2 aliphatic rings. The minimum absolute atomic E-state index is 0.0285. The van der Waals surface area contributed by atoms with Crippen molar-refractivity contribution in [2.75, 3.05) is 6.54 Å². The number of aryl methyl sites for hydroxylation is 2. The standard InChI is InChI=1S/C23H27N3O4/c1-15-13-16(2)26(24-15)18-9-7-17(8-10-18)14-30-21(27)11-12-25-22(28)19-5-3-4-6-20(19)23(25)29/h7-10,13,19-20H,3-6,11-12,14H2,1-2H3/t19-,20-/m1/s1. The van der Waals surface area contributed by atoms with Gasteiger partial charge in [-0.3, -0.25) is 19.3 Å². The highest BCUT2D eigenvalue weighted by atomic mass is 16.5. The van der Waals surface area contributed by atoms with Gasteiger partial charge >= 0.3 is 5.97 Å². The van der Waals surface area contributed by atoms with Crippen LogP contribution in [0, 0.1) is 25.7 Å². The molecule has 0 spiro atoms. The van der Waals surface area contributed by atoms with E-state index in [1.165, 1.54) is 4.90 Å². The number of carbonyl (C=O) groups is 3. The number of rotatable bonds is 6. The van der Waals surface area contributed by atoms with Crippen molar-refractivity contribution in [3.8, 4) is 5.69 Å². The summed E-state index contributed by atoms with van der Waals surface area (Å²) in [6.07, 6.45) is 3.58. The van der Waals surface area contributed by atoms with Gasteiger partial charge in [0.25, 0.3) is 0 Å². The molecule has 30 heavy (non-hydrogen) atoms. The van der Waals surface area contributed by atoms with Crippen LogP contribution < -0.4 is 0 Å². The Hall–Kier alpha value is -2.96. The lowest BCUT2D eigenvalue weighted by Gasteiger charge is -2.19. The summed E-state index contributed by atoms with van der Waals surface area (Å²) < 4.78 is 7.21. The lowest BCUT2D eigenvalue weighted by atomic mass is 9.81. The number of hydrogen-bond acceptors (Lipinski definition) is 5. The zero-order valence-corrected chi connectivity index (χ0v) is 17.5. The topological polar surface area (TPSA) is 81.5 Å². The molecule has 0 radical (unpaired) electrons. The molecule has 1 saturated heterocycles. The van der Waals surface area contributed by atoms with E-state index < -0.39 is 5.97 Å². The molecule has 1 saturated carbocycles. The fourth-order valence-corrected chi connectivity index (χ4v) is 4.51. The summed E-state index contributed by atoms with van der Waals surface area (Å²) in [6.45, 7) is 4.22. The predicted molar refractivity (Wildman–Crippen MR) is 110 cm³/mol. The largest absolute Gasteiger partial charge is 0.461 e. The van der Waals surface area contributed by atoms with Gasteiger partial charge in [-0.25, -0.2) is 4.68 Å². The van der Waals surface area contributed by atoms with Crippen molar-refractivity contribution in [2.45, 2.75) is 52.6 Å². The Labute approximate surface area is 176 Å². The molecule has 2 amide bonds. The highest BCUT2D eigenvalue weighted by Gasteiger charge is 2.47. The fraction of sp³-hybridized carbons (Fsp3) is 0.478. The molecule has 0 bridgehead atoms. The monoisotopic (exact) mass is 409 g/mol. The summed E-state index contributed by atoms with van der Waals surface area (Å²) in [5, 5.41) is 4.46. The number of imide groups is 1. The molecule has 2 atom stereocenters. The van der Waals surface area contributed by atoms with Gasteiger partial charge in [0.1, 0.15) is 6.61 Å². The Morgan fingerprint density at radius 3 is 2.27 bits per heavy atom. The summed E-state index contributed by atoms with van der Waals surface area (Å²) in [5.74, 6) is -0.992. The van der Waals surface area contributed by atoms with Crippen molar-refractivity contribution in [1.29, 1.82) is 0 Å². The second kappa shape index (κ2) is 8.42. The highest BCUT2D eigenvalue weighted by Crippen LogP contribution is 2.37.